The minimum Gasteiger partial charge on any atom is -0.311 e. The van der Waals surface area contributed by atoms with Gasteiger partial charge in [0, 0.05) is 17.5 Å². The van der Waals surface area contributed by atoms with Gasteiger partial charge in [0.15, 0.2) is 0 Å². The summed E-state index contributed by atoms with van der Waals surface area (Å²) in [5.41, 5.74) is 3.68. The number of hydrogen-bond acceptors (Lipinski definition) is 3. The van der Waals surface area contributed by atoms with Gasteiger partial charge in [-0.2, -0.15) is 0 Å². The van der Waals surface area contributed by atoms with Gasteiger partial charge in [-0.05, 0) is 18.5 Å². The highest BCUT2D eigenvalue weighted by atomic mass is 32.1. The second-order valence-electron chi connectivity index (χ2n) is 4.92. The normalized spacial score (nSPS) is 10.7. The molecule has 0 saturated carbocycles. The largest absolute Gasteiger partial charge is 0.311 e. The van der Waals surface area contributed by atoms with Gasteiger partial charge >= 0.3 is 0 Å². The molecule has 0 aliphatic carbocycles. The summed E-state index contributed by atoms with van der Waals surface area (Å²) in [4.78, 5) is 4.68. The fourth-order valence-electron chi connectivity index (χ4n) is 2.20. The quantitative estimate of drug-likeness (QED) is 0.691. The number of benzene rings is 2. The number of nitrogens with one attached hydrogen (secondary N) is 1. The molecule has 0 bridgehead atoms. The number of rotatable bonds is 6. The molecule has 0 radical (unpaired) electrons. The molecule has 2 aromatic carbocycles. The lowest BCUT2D eigenvalue weighted by Gasteiger charge is -2.03. The van der Waals surface area contributed by atoms with E-state index in [4.69, 9.17) is 0 Å². The maximum absolute atomic E-state index is 4.68. The van der Waals surface area contributed by atoms with Gasteiger partial charge in [-0.15, -0.1) is 11.3 Å². The molecule has 106 valence electrons. The second-order valence-corrected chi connectivity index (χ2v) is 5.78. The van der Waals surface area contributed by atoms with Crippen molar-refractivity contribution in [3.63, 3.8) is 0 Å². The SMILES string of the molecule is c1ccc(CCNCc2csc(-c3ccccc3)n2)cc1. The van der Waals surface area contributed by atoms with Gasteiger partial charge in [0.1, 0.15) is 5.01 Å². The predicted octanol–water partition coefficient (Wildman–Crippen LogP) is 4.14. The van der Waals surface area contributed by atoms with E-state index in [1.165, 1.54) is 11.1 Å². The van der Waals surface area contributed by atoms with Crippen molar-refractivity contribution in [2.75, 3.05) is 6.54 Å². The Balaban J connectivity index is 1.49. The number of thiazole rings is 1. The molecule has 0 spiro atoms. The summed E-state index contributed by atoms with van der Waals surface area (Å²) in [6.45, 7) is 1.80. The Morgan fingerprint density at radius 2 is 1.62 bits per heavy atom. The first-order chi connectivity index (χ1) is 10.4. The Labute approximate surface area is 129 Å². The second kappa shape index (κ2) is 7.16. The van der Waals surface area contributed by atoms with E-state index in [0.29, 0.717) is 0 Å². The van der Waals surface area contributed by atoms with E-state index in [2.05, 4.69) is 70.3 Å². The van der Waals surface area contributed by atoms with Gasteiger partial charge < -0.3 is 5.32 Å². The third kappa shape index (κ3) is 4.00. The summed E-state index contributed by atoms with van der Waals surface area (Å²) in [6.07, 6.45) is 1.05. The van der Waals surface area contributed by atoms with Crippen molar-refractivity contribution in [2.45, 2.75) is 13.0 Å². The lowest BCUT2D eigenvalue weighted by atomic mass is 10.1. The van der Waals surface area contributed by atoms with E-state index >= 15 is 0 Å². The Kier molecular flexibility index (Phi) is 4.77. The van der Waals surface area contributed by atoms with E-state index < -0.39 is 0 Å². The van der Waals surface area contributed by atoms with Crippen LogP contribution < -0.4 is 5.32 Å². The molecule has 0 aliphatic rings. The molecule has 0 amide bonds. The van der Waals surface area contributed by atoms with E-state index in [0.717, 1.165) is 30.2 Å². The smallest absolute Gasteiger partial charge is 0.123 e. The van der Waals surface area contributed by atoms with Crippen molar-refractivity contribution < 1.29 is 0 Å². The van der Waals surface area contributed by atoms with Crippen molar-refractivity contribution in [1.82, 2.24) is 10.3 Å². The molecule has 1 N–H and O–H groups in total. The first-order valence-electron chi connectivity index (χ1n) is 7.16. The van der Waals surface area contributed by atoms with Crippen LogP contribution in [0.15, 0.2) is 66.0 Å². The zero-order valence-electron chi connectivity index (χ0n) is 11.8. The molecule has 0 saturated heterocycles. The van der Waals surface area contributed by atoms with Crippen LogP contribution >= 0.6 is 11.3 Å². The van der Waals surface area contributed by atoms with Crippen LogP contribution in [0.4, 0.5) is 0 Å². The molecular formula is C18H18N2S. The fraction of sp³-hybridized carbons (Fsp3) is 0.167. The lowest BCUT2D eigenvalue weighted by molar-refractivity contribution is 0.678. The molecule has 1 aromatic heterocycles. The summed E-state index contributed by atoms with van der Waals surface area (Å²) in [6, 6.07) is 20.9. The molecule has 0 atom stereocenters. The summed E-state index contributed by atoms with van der Waals surface area (Å²) < 4.78 is 0. The van der Waals surface area contributed by atoms with Crippen LogP contribution in [0.2, 0.25) is 0 Å². The zero-order valence-corrected chi connectivity index (χ0v) is 12.6. The highest BCUT2D eigenvalue weighted by Gasteiger charge is 2.03. The average molecular weight is 294 g/mol. The van der Waals surface area contributed by atoms with Gasteiger partial charge in [0.05, 0.1) is 5.69 Å². The third-order valence-corrected chi connectivity index (χ3v) is 4.25. The van der Waals surface area contributed by atoms with Crippen LogP contribution in [-0.4, -0.2) is 11.5 Å². The predicted molar refractivity (Wildman–Crippen MR) is 89.4 cm³/mol. The van der Waals surface area contributed by atoms with E-state index in [-0.39, 0.29) is 0 Å². The van der Waals surface area contributed by atoms with Crippen LogP contribution in [0, 0.1) is 0 Å². The molecule has 3 heteroatoms. The molecule has 3 rings (SSSR count). The van der Waals surface area contributed by atoms with Crippen LogP contribution in [0.1, 0.15) is 11.3 Å². The summed E-state index contributed by atoms with van der Waals surface area (Å²) in [5.74, 6) is 0. The molecule has 0 fully saturated rings. The van der Waals surface area contributed by atoms with Crippen molar-refractivity contribution in [2.24, 2.45) is 0 Å². The maximum Gasteiger partial charge on any atom is 0.123 e. The Morgan fingerprint density at radius 3 is 2.38 bits per heavy atom. The molecule has 0 aliphatic heterocycles. The fourth-order valence-corrected chi connectivity index (χ4v) is 3.02. The summed E-state index contributed by atoms with van der Waals surface area (Å²) >= 11 is 1.71. The van der Waals surface area contributed by atoms with Crippen molar-refractivity contribution in [3.8, 4) is 10.6 Å². The number of nitrogens with zero attached hydrogens (tertiary/aromatic N) is 1. The van der Waals surface area contributed by atoms with E-state index in [1.807, 2.05) is 6.07 Å². The van der Waals surface area contributed by atoms with Crippen LogP contribution in [0.5, 0.6) is 0 Å². The average Bonchev–Trinajstić information content (AvgIpc) is 3.02. The highest BCUT2D eigenvalue weighted by molar-refractivity contribution is 7.13. The minimum absolute atomic E-state index is 0.830. The van der Waals surface area contributed by atoms with E-state index in [9.17, 15) is 0 Å². The molecule has 3 aromatic rings. The minimum atomic E-state index is 0.830. The topological polar surface area (TPSA) is 24.9 Å². The summed E-state index contributed by atoms with van der Waals surface area (Å²) in [7, 11) is 0. The molecule has 1 heterocycles. The van der Waals surface area contributed by atoms with E-state index in [1.54, 1.807) is 11.3 Å². The Hall–Kier alpha value is -1.97. The van der Waals surface area contributed by atoms with Gasteiger partial charge in [0.25, 0.3) is 0 Å². The first-order valence-corrected chi connectivity index (χ1v) is 8.04. The lowest BCUT2D eigenvalue weighted by Crippen LogP contribution is -2.16. The first kappa shape index (κ1) is 14.0. The highest BCUT2D eigenvalue weighted by Crippen LogP contribution is 2.23. The molecule has 0 unspecified atom stereocenters. The van der Waals surface area contributed by atoms with Gasteiger partial charge in [-0.3, -0.25) is 0 Å². The Morgan fingerprint density at radius 1 is 0.905 bits per heavy atom. The molecular weight excluding hydrogens is 276 g/mol. The zero-order chi connectivity index (χ0) is 14.3. The third-order valence-electron chi connectivity index (χ3n) is 3.31. The summed E-state index contributed by atoms with van der Waals surface area (Å²) in [5, 5.41) is 6.69. The number of hydrogen-bond donors (Lipinski definition) is 1. The maximum atomic E-state index is 4.68. The van der Waals surface area contributed by atoms with Crippen molar-refractivity contribution in [3.05, 3.63) is 77.3 Å². The van der Waals surface area contributed by atoms with Gasteiger partial charge in [-0.25, -0.2) is 4.98 Å². The van der Waals surface area contributed by atoms with Crippen LogP contribution in [0.25, 0.3) is 10.6 Å². The van der Waals surface area contributed by atoms with Crippen LogP contribution in [-0.2, 0) is 13.0 Å². The van der Waals surface area contributed by atoms with Crippen molar-refractivity contribution >= 4 is 11.3 Å². The van der Waals surface area contributed by atoms with Crippen LogP contribution in [0.3, 0.4) is 0 Å². The molecule has 21 heavy (non-hydrogen) atoms. The van der Waals surface area contributed by atoms with Gasteiger partial charge in [-0.1, -0.05) is 60.7 Å². The standard InChI is InChI=1S/C18H18N2S/c1-3-7-15(8-4-1)11-12-19-13-17-14-21-18(20-17)16-9-5-2-6-10-16/h1-10,14,19H,11-13H2. The van der Waals surface area contributed by atoms with Gasteiger partial charge in [0.2, 0.25) is 0 Å². The molecule has 2 nitrogen and oxygen atoms in total. The van der Waals surface area contributed by atoms with Crippen molar-refractivity contribution in [1.29, 1.82) is 0 Å². The monoisotopic (exact) mass is 294 g/mol. The number of aromatic nitrogens is 1. The Bertz CT molecular complexity index is 662.